The van der Waals surface area contributed by atoms with Gasteiger partial charge in [0.1, 0.15) is 5.75 Å². The van der Waals surface area contributed by atoms with Crippen LogP contribution in [0.15, 0.2) is 18.2 Å². The van der Waals surface area contributed by atoms with Gasteiger partial charge in [0.2, 0.25) is 0 Å². The molecule has 0 radical (unpaired) electrons. The van der Waals surface area contributed by atoms with Gasteiger partial charge in [-0.2, -0.15) is 0 Å². The molecule has 0 spiro atoms. The van der Waals surface area contributed by atoms with E-state index in [4.69, 9.17) is 10.5 Å². The Morgan fingerprint density at radius 3 is 2.80 bits per heavy atom. The summed E-state index contributed by atoms with van der Waals surface area (Å²) in [7, 11) is 0. The molecule has 0 saturated carbocycles. The Bertz CT molecular complexity index is 474. The van der Waals surface area contributed by atoms with Crippen LogP contribution in [0, 0.1) is 0 Å². The van der Waals surface area contributed by atoms with Gasteiger partial charge in [0.25, 0.3) is 5.91 Å². The molecular formula is C16H24N2O2. The number of hydrogen-bond donors (Lipinski definition) is 1. The highest BCUT2D eigenvalue weighted by Gasteiger charge is 2.30. The molecule has 0 aromatic heterocycles. The third-order valence-corrected chi connectivity index (χ3v) is 3.70. The van der Waals surface area contributed by atoms with Crippen molar-refractivity contribution in [2.75, 3.05) is 11.4 Å². The maximum absolute atomic E-state index is 12.3. The largest absolute Gasteiger partial charge is 0.479 e. The third-order valence-electron chi connectivity index (χ3n) is 3.70. The van der Waals surface area contributed by atoms with Crippen LogP contribution in [0.4, 0.5) is 5.69 Å². The van der Waals surface area contributed by atoms with E-state index in [0.717, 1.165) is 36.4 Å². The number of unbranched alkanes of at least 4 members (excludes halogenated alkanes) is 3. The number of nitrogens with two attached hydrogens (primary N) is 1. The molecule has 0 bridgehead atoms. The minimum absolute atomic E-state index is 0.0505. The minimum Gasteiger partial charge on any atom is -0.479 e. The Hall–Kier alpha value is -1.55. The fourth-order valence-corrected chi connectivity index (χ4v) is 2.51. The second kappa shape index (κ2) is 6.75. The summed E-state index contributed by atoms with van der Waals surface area (Å²) in [5, 5.41) is 0. The quantitative estimate of drug-likeness (QED) is 0.813. The number of benzene rings is 1. The first-order valence-electron chi connectivity index (χ1n) is 7.48. The Kier molecular flexibility index (Phi) is 5.01. The predicted molar refractivity (Wildman–Crippen MR) is 80.9 cm³/mol. The van der Waals surface area contributed by atoms with Crippen LogP contribution in [-0.4, -0.2) is 18.6 Å². The van der Waals surface area contributed by atoms with Crippen LogP contribution in [0.1, 0.15) is 45.1 Å². The summed E-state index contributed by atoms with van der Waals surface area (Å²) in [5.74, 6) is 0.824. The van der Waals surface area contributed by atoms with Crippen LogP contribution < -0.4 is 15.4 Å². The summed E-state index contributed by atoms with van der Waals surface area (Å²) in [4.78, 5) is 14.1. The monoisotopic (exact) mass is 276 g/mol. The third kappa shape index (κ3) is 3.12. The zero-order valence-corrected chi connectivity index (χ0v) is 12.4. The van der Waals surface area contributed by atoms with Gasteiger partial charge in [0.05, 0.1) is 5.69 Å². The first kappa shape index (κ1) is 14.9. The summed E-state index contributed by atoms with van der Waals surface area (Å²) in [6.07, 6.45) is 4.19. The summed E-state index contributed by atoms with van der Waals surface area (Å²) in [6.45, 7) is 5.24. The average Bonchev–Trinajstić information content (AvgIpc) is 2.46. The number of nitrogens with zero attached hydrogens (tertiary/aromatic N) is 1. The Morgan fingerprint density at radius 2 is 2.10 bits per heavy atom. The molecule has 1 aromatic carbocycles. The van der Waals surface area contributed by atoms with E-state index in [9.17, 15) is 4.79 Å². The predicted octanol–water partition coefficient (Wildman–Crippen LogP) is 2.84. The number of fused-ring (bicyclic) bond motifs is 1. The van der Waals surface area contributed by atoms with Crippen LogP contribution in [-0.2, 0) is 11.3 Å². The lowest BCUT2D eigenvalue weighted by Crippen LogP contribution is -2.44. The van der Waals surface area contributed by atoms with Gasteiger partial charge in [-0.15, -0.1) is 0 Å². The van der Waals surface area contributed by atoms with Crippen molar-refractivity contribution in [2.45, 2.75) is 52.2 Å². The molecule has 1 aliphatic heterocycles. The molecule has 1 unspecified atom stereocenters. The van der Waals surface area contributed by atoms with E-state index < -0.39 is 6.10 Å². The van der Waals surface area contributed by atoms with Crippen molar-refractivity contribution in [1.29, 1.82) is 0 Å². The van der Waals surface area contributed by atoms with Gasteiger partial charge in [-0.3, -0.25) is 4.79 Å². The van der Waals surface area contributed by atoms with Gasteiger partial charge in [0.15, 0.2) is 6.10 Å². The molecule has 20 heavy (non-hydrogen) atoms. The molecule has 0 saturated heterocycles. The molecule has 4 heteroatoms. The van der Waals surface area contributed by atoms with Crippen molar-refractivity contribution in [3.8, 4) is 5.75 Å². The van der Waals surface area contributed by atoms with E-state index >= 15 is 0 Å². The summed E-state index contributed by atoms with van der Waals surface area (Å²) in [6, 6.07) is 5.85. The molecule has 1 amide bonds. The number of carbonyl (C=O) groups excluding carboxylic acids is 1. The van der Waals surface area contributed by atoms with Gasteiger partial charge in [0, 0.05) is 13.1 Å². The SMILES string of the molecule is CCCCCCN1C(=O)C(C)Oc2cc(CN)ccc21. The summed E-state index contributed by atoms with van der Waals surface area (Å²) < 4.78 is 5.70. The number of hydrogen-bond acceptors (Lipinski definition) is 3. The molecular weight excluding hydrogens is 252 g/mol. The standard InChI is InChI=1S/C16H24N2O2/c1-3-4-5-6-9-18-14-8-7-13(11-17)10-15(14)20-12(2)16(18)19/h7-8,10,12H,3-6,9,11,17H2,1-2H3. The van der Waals surface area contributed by atoms with Crippen LogP contribution in [0.2, 0.25) is 0 Å². The molecule has 1 aromatic rings. The fraction of sp³-hybridized carbons (Fsp3) is 0.562. The van der Waals surface area contributed by atoms with Crippen LogP contribution in [0.25, 0.3) is 0 Å². The van der Waals surface area contributed by atoms with Crippen LogP contribution >= 0.6 is 0 Å². The highest BCUT2D eigenvalue weighted by atomic mass is 16.5. The van der Waals surface area contributed by atoms with Crippen molar-refractivity contribution in [2.24, 2.45) is 5.73 Å². The van der Waals surface area contributed by atoms with E-state index in [1.54, 1.807) is 6.92 Å². The van der Waals surface area contributed by atoms with Crippen molar-refractivity contribution < 1.29 is 9.53 Å². The number of rotatable bonds is 6. The fourth-order valence-electron chi connectivity index (χ4n) is 2.51. The molecule has 1 aliphatic rings. The maximum atomic E-state index is 12.3. The van der Waals surface area contributed by atoms with Gasteiger partial charge in [-0.1, -0.05) is 32.3 Å². The van der Waals surface area contributed by atoms with E-state index in [-0.39, 0.29) is 5.91 Å². The molecule has 2 N–H and O–H groups in total. The molecule has 4 nitrogen and oxygen atoms in total. The molecule has 2 rings (SSSR count). The Morgan fingerprint density at radius 1 is 1.30 bits per heavy atom. The molecule has 110 valence electrons. The van der Waals surface area contributed by atoms with E-state index in [0.29, 0.717) is 6.54 Å². The second-order valence-corrected chi connectivity index (χ2v) is 5.32. The zero-order chi connectivity index (χ0) is 14.5. The first-order valence-corrected chi connectivity index (χ1v) is 7.48. The topological polar surface area (TPSA) is 55.6 Å². The summed E-state index contributed by atoms with van der Waals surface area (Å²) >= 11 is 0. The molecule has 0 fully saturated rings. The molecule has 1 atom stereocenters. The van der Waals surface area contributed by atoms with Crippen LogP contribution in [0.5, 0.6) is 5.75 Å². The first-order chi connectivity index (χ1) is 9.67. The lowest BCUT2D eigenvalue weighted by atomic mass is 10.1. The molecule has 0 aliphatic carbocycles. The molecule has 1 heterocycles. The van der Waals surface area contributed by atoms with E-state index in [1.165, 1.54) is 12.8 Å². The van der Waals surface area contributed by atoms with Gasteiger partial charge < -0.3 is 15.4 Å². The number of anilines is 1. The van der Waals surface area contributed by atoms with E-state index in [1.807, 2.05) is 23.1 Å². The van der Waals surface area contributed by atoms with Gasteiger partial charge in [-0.05, 0) is 31.0 Å². The van der Waals surface area contributed by atoms with E-state index in [2.05, 4.69) is 6.92 Å². The number of amides is 1. The smallest absolute Gasteiger partial charge is 0.267 e. The minimum atomic E-state index is -0.415. The summed E-state index contributed by atoms with van der Waals surface area (Å²) in [5.41, 5.74) is 7.56. The number of carbonyl (C=O) groups is 1. The van der Waals surface area contributed by atoms with Crippen molar-refractivity contribution in [3.63, 3.8) is 0 Å². The maximum Gasteiger partial charge on any atom is 0.267 e. The van der Waals surface area contributed by atoms with Gasteiger partial charge in [-0.25, -0.2) is 0 Å². The second-order valence-electron chi connectivity index (χ2n) is 5.32. The normalized spacial score (nSPS) is 17.9. The van der Waals surface area contributed by atoms with Crippen molar-refractivity contribution >= 4 is 11.6 Å². The Labute approximate surface area is 120 Å². The Balaban J connectivity index is 2.16. The van der Waals surface area contributed by atoms with Crippen LogP contribution in [0.3, 0.4) is 0 Å². The lowest BCUT2D eigenvalue weighted by Gasteiger charge is -2.33. The average molecular weight is 276 g/mol. The number of ether oxygens (including phenoxy) is 1. The van der Waals surface area contributed by atoms with Crippen molar-refractivity contribution in [3.05, 3.63) is 23.8 Å². The van der Waals surface area contributed by atoms with Crippen molar-refractivity contribution in [1.82, 2.24) is 0 Å². The highest BCUT2D eigenvalue weighted by molar-refractivity contribution is 5.99. The lowest BCUT2D eigenvalue weighted by molar-refractivity contribution is -0.125. The highest BCUT2D eigenvalue weighted by Crippen LogP contribution is 2.35. The zero-order valence-electron chi connectivity index (χ0n) is 12.4. The van der Waals surface area contributed by atoms with Gasteiger partial charge >= 0.3 is 0 Å².